The van der Waals surface area contributed by atoms with Crippen LogP contribution in [0.25, 0.3) is 0 Å². The Morgan fingerprint density at radius 1 is 1.31 bits per heavy atom. The van der Waals surface area contributed by atoms with Crippen LogP contribution in [0.2, 0.25) is 0 Å². The van der Waals surface area contributed by atoms with E-state index in [4.69, 9.17) is 0 Å². The number of rotatable bonds is 5. The van der Waals surface area contributed by atoms with E-state index in [-0.39, 0.29) is 0 Å². The van der Waals surface area contributed by atoms with Crippen molar-refractivity contribution < 1.29 is 0 Å². The Morgan fingerprint density at radius 3 is 2.81 bits per heavy atom. The molecule has 1 N–H and O–H groups in total. The maximum Gasteiger partial charge on any atom is 0.0302 e. The van der Waals surface area contributed by atoms with Crippen molar-refractivity contribution in [2.45, 2.75) is 59.0 Å². The van der Waals surface area contributed by atoms with Crippen LogP contribution in [0.5, 0.6) is 0 Å². The average molecular weight is 237 g/mol. The highest BCUT2D eigenvalue weighted by atomic mass is 32.1. The van der Waals surface area contributed by atoms with Gasteiger partial charge in [-0.1, -0.05) is 13.8 Å². The molecule has 1 unspecified atom stereocenters. The van der Waals surface area contributed by atoms with Crippen molar-refractivity contribution in [3.63, 3.8) is 0 Å². The Labute approximate surface area is 103 Å². The van der Waals surface area contributed by atoms with E-state index in [0.29, 0.717) is 6.04 Å². The largest absolute Gasteiger partial charge is 0.309 e. The molecule has 0 bridgehead atoms. The lowest BCUT2D eigenvalue weighted by atomic mass is 10.1. The fourth-order valence-electron chi connectivity index (χ4n) is 2.54. The quantitative estimate of drug-likeness (QED) is 0.822. The van der Waals surface area contributed by atoms with E-state index in [2.05, 4.69) is 32.2 Å². The van der Waals surface area contributed by atoms with Gasteiger partial charge in [-0.3, -0.25) is 0 Å². The van der Waals surface area contributed by atoms with Crippen molar-refractivity contribution in [1.82, 2.24) is 5.32 Å². The van der Waals surface area contributed by atoms with Gasteiger partial charge in [0.2, 0.25) is 0 Å². The molecule has 0 fully saturated rings. The van der Waals surface area contributed by atoms with Crippen molar-refractivity contribution in [3.05, 3.63) is 21.4 Å². The third-order valence-electron chi connectivity index (χ3n) is 3.25. The molecule has 0 saturated carbocycles. The van der Waals surface area contributed by atoms with E-state index in [1.165, 1.54) is 30.6 Å². The highest BCUT2D eigenvalue weighted by Crippen LogP contribution is 2.30. The van der Waals surface area contributed by atoms with Gasteiger partial charge in [-0.2, -0.15) is 0 Å². The first-order valence-electron chi connectivity index (χ1n) is 6.49. The summed E-state index contributed by atoms with van der Waals surface area (Å²) >= 11 is 2.02. The first kappa shape index (κ1) is 12.1. The van der Waals surface area contributed by atoms with Crippen molar-refractivity contribution in [2.24, 2.45) is 5.92 Å². The predicted octanol–water partition coefficient (Wildman–Crippen LogP) is 3.76. The molecule has 0 aliphatic heterocycles. The zero-order valence-corrected chi connectivity index (χ0v) is 11.5. The van der Waals surface area contributed by atoms with E-state index >= 15 is 0 Å². The topological polar surface area (TPSA) is 12.0 Å². The van der Waals surface area contributed by atoms with Crippen molar-refractivity contribution in [1.29, 1.82) is 0 Å². The number of hydrogen-bond donors (Lipinski definition) is 1. The van der Waals surface area contributed by atoms with Gasteiger partial charge in [0.1, 0.15) is 0 Å². The summed E-state index contributed by atoms with van der Waals surface area (Å²) < 4.78 is 0. The minimum Gasteiger partial charge on any atom is -0.309 e. The molecule has 0 radical (unpaired) electrons. The fourth-order valence-corrected chi connectivity index (χ4v) is 3.75. The highest BCUT2D eigenvalue weighted by molar-refractivity contribution is 7.12. The number of nitrogens with one attached hydrogen (secondary N) is 1. The summed E-state index contributed by atoms with van der Waals surface area (Å²) in [7, 11) is 0. The maximum absolute atomic E-state index is 3.63. The second-order valence-electron chi connectivity index (χ2n) is 5.43. The zero-order valence-electron chi connectivity index (χ0n) is 10.7. The molecule has 2 heteroatoms. The Kier molecular flexibility index (Phi) is 4.04. The van der Waals surface area contributed by atoms with Crippen LogP contribution in [0.4, 0.5) is 0 Å². The lowest BCUT2D eigenvalue weighted by Gasteiger charge is -2.15. The van der Waals surface area contributed by atoms with Crippen LogP contribution in [-0.4, -0.2) is 6.04 Å². The molecule has 0 amide bonds. The molecule has 16 heavy (non-hydrogen) atoms. The van der Waals surface area contributed by atoms with E-state index in [1.54, 1.807) is 10.4 Å². The molecule has 2 rings (SSSR count). The molecule has 1 nitrogen and oxygen atoms in total. The van der Waals surface area contributed by atoms with Gasteiger partial charge in [-0.15, -0.1) is 11.3 Å². The molecular formula is C14H23NS. The lowest BCUT2D eigenvalue weighted by Crippen LogP contribution is -2.26. The Hall–Kier alpha value is -0.340. The number of hydrogen-bond acceptors (Lipinski definition) is 2. The second kappa shape index (κ2) is 5.33. The molecule has 1 aliphatic rings. The molecule has 1 aromatic heterocycles. The molecule has 1 aromatic rings. The average Bonchev–Trinajstić information content (AvgIpc) is 2.72. The standard InChI is InChI=1S/C14H23NS/c1-10(2)7-11(3)15-9-13-8-12-5-4-6-14(12)16-13/h8,10-11,15H,4-7,9H2,1-3H3. The Morgan fingerprint density at radius 2 is 2.12 bits per heavy atom. The number of aryl methyl sites for hydroxylation is 2. The van der Waals surface area contributed by atoms with E-state index < -0.39 is 0 Å². The predicted molar refractivity (Wildman–Crippen MR) is 72.1 cm³/mol. The van der Waals surface area contributed by atoms with E-state index in [0.717, 1.165) is 12.5 Å². The van der Waals surface area contributed by atoms with Crippen molar-refractivity contribution in [2.75, 3.05) is 0 Å². The summed E-state index contributed by atoms with van der Waals surface area (Å²) in [5.74, 6) is 0.788. The summed E-state index contributed by atoms with van der Waals surface area (Å²) in [5.41, 5.74) is 1.62. The Balaban J connectivity index is 1.81. The fraction of sp³-hybridized carbons (Fsp3) is 0.714. The summed E-state index contributed by atoms with van der Waals surface area (Å²) in [5, 5.41) is 3.63. The SMILES string of the molecule is CC(C)CC(C)NCc1cc2c(s1)CCC2. The summed E-state index contributed by atoms with van der Waals surface area (Å²) in [6, 6.07) is 3.05. The third kappa shape index (κ3) is 3.08. The van der Waals surface area contributed by atoms with Crippen LogP contribution in [0.15, 0.2) is 6.07 Å². The summed E-state index contributed by atoms with van der Waals surface area (Å²) in [6.07, 6.45) is 5.28. The van der Waals surface area contributed by atoms with Gasteiger partial charge in [0, 0.05) is 22.3 Å². The van der Waals surface area contributed by atoms with Crippen LogP contribution in [0, 0.1) is 5.92 Å². The van der Waals surface area contributed by atoms with Gasteiger partial charge in [-0.05, 0) is 50.2 Å². The van der Waals surface area contributed by atoms with Gasteiger partial charge in [0.25, 0.3) is 0 Å². The lowest BCUT2D eigenvalue weighted by molar-refractivity contribution is 0.443. The molecule has 90 valence electrons. The van der Waals surface area contributed by atoms with Crippen LogP contribution in [0.3, 0.4) is 0 Å². The maximum atomic E-state index is 3.63. The molecule has 1 atom stereocenters. The first-order chi connectivity index (χ1) is 7.65. The van der Waals surface area contributed by atoms with E-state index in [1.807, 2.05) is 11.3 Å². The van der Waals surface area contributed by atoms with Gasteiger partial charge in [0.05, 0.1) is 0 Å². The van der Waals surface area contributed by atoms with Crippen LogP contribution < -0.4 is 5.32 Å². The van der Waals surface area contributed by atoms with Gasteiger partial charge in [-0.25, -0.2) is 0 Å². The number of thiophene rings is 1. The first-order valence-corrected chi connectivity index (χ1v) is 7.30. The summed E-state index contributed by atoms with van der Waals surface area (Å²) in [4.78, 5) is 3.17. The molecule has 1 heterocycles. The van der Waals surface area contributed by atoms with Gasteiger partial charge >= 0.3 is 0 Å². The van der Waals surface area contributed by atoms with E-state index in [9.17, 15) is 0 Å². The molecule has 0 spiro atoms. The zero-order chi connectivity index (χ0) is 11.5. The smallest absolute Gasteiger partial charge is 0.0302 e. The summed E-state index contributed by atoms with van der Waals surface area (Å²) in [6.45, 7) is 7.93. The number of fused-ring (bicyclic) bond motifs is 1. The molecular weight excluding hydrogens is 214 g/mol. The Bertz CT molecular complexity index is 319. The molecule has 0 saturated heterocycles. The van der Waals surface area contributed by atoms with Crippen LogP contribution >= 0.6 is 11.3 Å². The van der Waals surface area contributed by atoms with Crippen LogP contribution in [0.1, 0.15) is 48.9 Å². The second-order valence-corrected chi connectivity index (χ2v) is 6.65. The van der Waals surface area contributed by atoms with Gasteiger partial charge < -0.3 is 5.32 Å². The molecule has 1 aliphatic carbocycles. The van der Waals surface area contributed by atoms with Gasteiger partial charge in [0.15, 0.2) is 0 Å². The monoisotopic (exact) mass is 237 g/mol. The van der Waals surface area contributed by atoms with Crippen LogP contribution in [-0.2, 0) is 19.4 Å². The van der Waals surface area contributed by atoms with Crippen molar-refractivity contribution in [3.8, 4) is 0 Å². The minimum atomic E-state index is 0.636. The molecule has 0 aromatic carbocycles. The minimum absolute atomic E-state index is 0.636. The van der Waals surface area contributed by atoms with Crippen molar-refractivity contribution >= 4 is 11.3 Å². The normalized spacial score (nSPS) is 16.8. The third-order valence-corrected chi connectivity index (χ3v) is 4.48. The highest BCUT2D eigenvalue weighted by Gasteiger charge is 2.14.